The smallest absolute Gasteiger partial charge is 0.242 e. The zero-order chi connectivity index (χ0) is 15.4. The summed E-state index contributed by atoms with van der Waals surface area (Å²) in [6.45, 7) is 0.707. The van der Waals surface area contributed by atoms with E-state index in [1.54, 1.807) is 19.1 Å². The van der Waals surface area contributed by atoms with Gasteiger partial charge in [-0.05, 0) is 13.1 Å². The quantitative estimate of drug-likeness (QED) is 0.845. The number of carbonyl (C=O) groups is 2. The molecule has 2 rings (SSSR count). The lowest BCUT2D eigenvalue weighted by Gasteiger charge is -2.34. The maximum absolute atomic E-state index is 12.1. The fourth-order valence-electron chi connectivity index (χ4n) is 2.45. The average Bonchev–Trinajstić information content (AvgIpc) is 2.49. The Morgan fingerprint density at radius 1 is 1.24 bits per heavy atom. The van der Waals surface area contributed by atoms with Gasteiger partial charge < -0.3 is 19.9 Å². The zero-order valence-electron chi connectivity index (χ0n) is 12.6. The summed E-state index contributed by atoms with van der Waals surface area (Å²) in [5.41, 5.74) is 0.974. The van der Waals surface area contributed by atoms with Crippen LogP contribution in [0, 0.1) is 0 Å². The molecule has 0 bridgehead atoms. The first kappa shape index (κ1) is 15.3. The van der Waals surface area contributed by atoms with Crippen molar-refractivity contribution in [3.8, 4) is 5.75 Å². The molecule has 0 radical (unpaired) electrons. The second-order valence-corrected chi connectivity index (χ2v) is 5.11. The summed E-state index contributed by atoms with van der Waals surface area (Å²) in [7, 11) is 5.10. The Morgan fingerprint density at radius 3 is 2.62 bits per heavy atom. The van der Waals surface area contributed by atoms with Crippen molar-refractivity contribution in [1.82, 2.24) is 15.1 Å². The van der Waals surface area contributed by atoms with Crippen LogP contribution in [0.3, 0.4) is 0 Å². The standard InChI is InChI=1S/C15H21N3O3/c1-16-12(11-6-4-5-7-13(11)21-3)8-18-10-14(19)17(2)9-15(18)20/h4-7,12,16H,8-10H2,1-3H3. The Bertz CT molecular complexity index is 533. The normalized spacial score (nSPS) is 17.1. The topological polar surface area (TPSA) is 61.9 Å². The van der Waals surface area contributed by atoms with Gasteiger partial charge >= 0.3 is 0 Å². The minimum atomic E-state index is -0.0821. The SMILES string of the molecule is CNC(CN1CC(=O)N(C)CC1=O)c1ccccc1OC. The molecule has 1 aromatic rings. The van der Waals surface area contributed by atoms with E-state index in [1.807, 2.05) is 31.3 Å². The van der Waals surface area contributed by atoms with Crippen molar-refractivity contribution in [3.05, 3.63) is 29.8 Å². The van der Waals surface area contributed by atoms with Gasteiger partial charge in [-0.2, -0.15) is 0 Å². The van der Waals surface area contributed by atoms with Gasteiger partial charge in [-0.15, -0.1) is 0 Å². The van der Waals surface area contributed by atoms with Crippen LogP contribution in [-0.4, -0.2) is 62.5 Å². The Morgan fingerprint density at radius 2 is 1.95 bits per heavy atom. The van der Waals surface area contributed by atoms with Gasteiger partial charge in [-0.1, -0.05) is 18.2 Å². The molecule has 114 valence electrons. The van der Waals surface area contributed by atoms with Gasteiger partial charge in [-0.3, -0.25) is 9.59 Å². The fraction of sp³-hybridized carbons (Fsp3) is 0.467. The monoisotopic (exact) mass is 291 g/mol. The number of nitrogens with one attached hydrogen (secondary N) is 1. The van der Waals surface area contributed by atoms with Crippen molar-refractivity contribution in [3.63, 3.8) is 0 Å². The number of para-hydroxylation sites is 1. The van der Waals surface area contributed by atoms with E-state index in [-0.39, 0.29) is 30.9 Å². The molecule has 1 aliphatic rings. The number of nitrogens with zero attached hydrogens (tertiary/aromatic N) is 2. The molecule has 0 spiro atoms. The molecule has 0 aliphatic carbocycles. The number of rotatable bonds is 5. The molecule has 0 aromatic heterocycles. The molecule has 1 saturated heterocycles. The van der Waals surface area contributed by atoms with Crippen LogP contribution < -0.4 is 10.1 Å². The van der Waals surface area contributed by atoms with E-state index in [0.29, 0.717) is 6.54 Å². The number of carbonyl (C=O) groups excluding carboxylic acids is 2. The summed E-state index contributed by atoms with van der Waals surface area (Å²) in [6.07, 6.45) is 0. The Hall–Kier alpha value is -2.08. The Kier molecular flexibility index (Phi) is 4.80. The first-order chi connectivity index (χ1) is 10.1. The van der Waals surface area contributed by atoms with Crippen molar-refractivity contribution >= 4 is 11.8 Å². The van der Waals surface area contributed by atoms with Gasteiger partial charge in [0.1, 0.15) is 5.75 Å². The van der Waals surface area contributed by atoms with E-state index in [1.165, 1.54) is 4.90 Å². The Labute approximate surface area is 124 Å². The van der Waals surface area contributed by atoms with Crippen LogP contribution in [0.15, 0.2) is 24.3 Å². The summed E-state index contributed by atoms with van der Waals surface area (Å²) in [5.74, 6) is 0.696. The van der Waals surface area contributed by atoms with Gasteiger partial charge in [0.25, 0.3) is 0 Å². The third-order valence-corrected chi connectivity index (χ3v) is 3.74. The number of methoxy groups -OCH3 is 1. The van der Waals surface area contributed by atoms with Crippen LogP contribution in [0.5, 0.6) is 5.75 Å². The van der Waals surface area contributed by atoms with E-state index >= 15 is 0 Å². The fourth-order valence-corrected chi connectivity index (χ4v) is 2.45. The van der Waals surface area contributed by atoms with Crippen LogP contribution in [0.25, 0.3) is 0 Å². The van der Waals surface area contributed by atoms with Crippen molar-refractivity contribution in [2.24, 2.45) is 0 Å². The summed E-state index contributed by atoms with van der Waals surface area (Å²) < 4.78 is 5.36. The maximum Gasteiger partial charge on any atom is 0.242 e. The van der Waals surface area contributed by atoms with E-state index in [4.69, 9.17) is 4.74 Å². The molecule has 1 unspecified atom stereocenters. The van der Waals surface area contributed by atoms with Crippen LogP contribution >= 0.6 is 0 Å². The molecule has 6 nitrogen and oxygen atoms in total. The highest BCUT2D eigenvalue weighted by Crippen LogP contribution is 2.25. The van der Waals surface area contributed by atoms with E-state index in [2.05, 4.69) is 5.32 Å². The summed E-state index contributed by atoms with van der Waals surface area (Å²) in [6, 6.07) is 7.60. The lowest BCUT2D eigenvalue weighted by molar-refractivity contribution is -0.149. The van der Waals surface area contributed by atoms with Crippen LogP contribution in [0.2, 0.25) is 0 Å². The second kappa shape index (κ2) is 6.58. The van der Waals surface area contributed by atoms with E-state index in [9.17, 15) is 9.59 Å². The van der Waals surface area contributed by atoms with Gasteiger partial charge in [0.2, 0.25) is 11.8 Å². The molecular weight excluding hydrogens is 270 g/mol. The highest BCUT2D eigenvalue weighted by atomic mass is 16.5. The van der Waals surface area contributed by atoms with Gasteiger partial charge in [0.05, 0.1) is 26.2 Å². The van der Waals surface area contributed by atoms with Crippen molar-refractivity contribution < 1.29 is 14.3 Å². The second-order valence-electron chi connectivity index (χ2n) is 5.11. The minimum absolute atomic E-state index is 0.0350. The molecule has 0 saturated carbocycles. The number of hydrogen-bond donors (Lipinski definition) is 1. The number of benzene rings is 1. The molecule has 6 heteroatoms. The highest BCUT2D eigenvalue weighted by molar-refractivity contribution is 5.92. The van der Waals surface area contributed by atoms with Crippen molar-refractivity contribution in [2.75, 3.05) is 40.8 Å². The van der Waals surface area contributed by atoms with E-state index < -0.39 is 0 Å². The lowest BCUT2D eigenvalue weighted by atomic mass is 10.0. The molecule has 21 heavy (non-hydrogen) atoms. The largest absolute Gasteiger partial charge is 0.496 e. The molecule has 2 amide bonds. The number of amides is 2. The zero-order valence-corrected chi connectivity index (χ0v) is 12.6. The predicted octanol–water partition coefficient (Wildman–Crippen LogP) is 0.256. The minimum Gasteiger partial charge on any atom is -0.496 e. The third-order valence-electron chi connectivity index (χ3n) is 3.74. The molecule has 1 fully saturated rings. The number of ether oxygens (including phenoxy) is 1. The number of likely N-dealkylation sites (N-methyl/N-ethyl adjacent to an activating group) is 2. The van der Waals surface area contributed by atoms with Gasteiger partial charge in [-0.25, -0.2) is 0 Å². The first-order valence-corrected chi connectivity index (χ1v) is 6.88. The van der Waals surface area contributed by atoms with Gasteiger partial charge in [0, 0.05) is 19.2 Å². The summed E-state index contributed by atoms with van der Waals surface area (Å²) in [4.78, 5) is 26.9. The molecule has 1 aromatic carbocycles. The number of hydrogen-bond acceptors (Lipinski definition) is 4. The van der Waals surface area contributed by atoms with Crippen molar-refractivity contribution in [2.45, 2.75) is 6.04 Å². The Balaban J connectivity index is 2.15. The highest BCUT2D eigenvalue weighted by Gasteiger charge is 2.29. The lowest BCUT2D eigenvalue weighted by Crippen LogP contribution is -2.53. The maximum atomic E-state index is 12.1. The number of piperazine rings is 1. The summed E-state index contributed by atoms with van der Waals surface area (Å²) in [5, 5.41) is 3.19. The summed E-state index contributed by atoms with van der Waals surface area (Å²) >= 11 is 0. The van der Waals surface area contributed by atoms with E-state index in [0.717, 1.165) is 11.3 Å². The van der Waals surface area contributed by atoms with Crippen LogP contribution in [0.4, 0.5) is 0 Å². The molecule has 1 atom stereocenters. The predicted molar refractivity (Wildman–Crippen MR) is 79.0 cm³/mol. The average molecular weight is 291 g/mol. The van der Waals surface area contributed by atoms with Crippen LogP contribution in [0.1, 0.15) is 11.6 Å². The molecule has 1 heterocycles. The first-order valence-electron chi connectivity index (χ1n) is 6.88. The third kappa shape index (κ3) is 3.33. The molecule has 1 N–H and O–H groups in total. The molecule has 1 aliphatic heterocycles. The van der Waals surface area contributed by atoms with Gasteiger partial charge in [0.15, 0.2) is 0 Å². The van der Waals surface area contributed by atoms with Crippen LogP contribution in [-0.2, 0) is 9.59 Å². The van der Waals surface area contributed by atoms with Crippen molar-refractivity contribution in [1.29, 1.82) is 0 Å². The molecular formula is C15H21N3O3.